The smallest absolute Gasteiger partial charge is 0.409 e. The molecule has 8 nitrogen and oxygen atoms in total. The Morgan fingerprint density at radius 3 is 2.31 bits per heavy atom. The molecule has 0 aliphatic carbocycles. The second-order valence-corrected chi connectivity index (χ2v) is 11.1. The van der Waals surface area contributed by atoms with Gasteiger partial charge in [-0.1, -0.05) is 61.0 Å². The number of hydrogen-bond acceptors (Lipinski definition) is 6. The molecule has 3 aromatic carbocycles. The van der Waals surface area contributed by atoms with E-state index < -0.39 is 12.2 Å². The van der Waals surface area contributed by atoms with Crippen LogP contribution >= 0.6 is 23.2 Å². The number of amides is 2. The fourth-order valence-electron chi connectivity index (χ4n) is 4.85. The second kappa shape index (κ2) is 15.5. The first-order valence-electron chi connectivity index (χ1n) is 14.7. The molecule has 234 valence electrons. The van der Waals surface area contributed by atoms with Crippen LogP contribution in [0.15, 0.2) is 83.3 Å². The number of halogens is 2. The van der Waals surface area contributed by atoms with Crippen molar-refractivity contribution < 1.29 is 19.1 Å². The largest absolute Gasteiger partial charge is 0.419 e. The van der Waals surface area contributed by atoms with E-state index >= 15 is 0 Å². The zero-order chi connectivity index (χ0) is 32.5. The van der Waals surface area contributed by atoms with E-state index in [1.165, 1.54) is 4.90 Å². The Morgan fingerprint density at radius 2 is 1.67 bits per heavy atom. The molecule has 0 unspecified atom stereocenters. The number of rotatable bonds is 9. The average Bonchev–Trinajstić information content (AvgIpc) is 3.59. The van der Waals surface area contributed by atoms with Crippen LogP contribution < -0.4 is 14.4 Å². The molecule has 4 rings (SSSR count). The van der Waals surface area contributed by atoms with Crippen molar-refractivity contribution in [3.8, 4) is 11.5 Å². The van der Waals surface area contributed by atoms with E-state index in [2.05, 4.69) is 11.6 Å². The van der Waals surface area contributed by atoms with E-state index in [-0.39, 0.29) is 5.75 Å². The minimum Gasteiger partial charge on any atom is -0.409 e. The molecule has 3 aromatic rings. The summed E-state index contributed by atoms with van der Waals surface area (Å²) in [7, 11) is 1.63. The fraction of sp³-hybridized carbons (Fsp3) is 0.257. The molecule has 1 aliphatic rings. The zero-order valence-electron chi connectivity index (χ0n) is 25.8. The van der Waals surface area contributed by atoms with Gasteiger partial charge in [0.05, 0.1) is 22.1 Å². The first kappa shape index (κ1) is 33.5. The lowest BCUT2D eigenvalue weighted by atomic mass is 10.0. The van der Waals surface area contributed by atoms with Crippen LogP contribution in [0.3, 0.4) is 0 Å². The number of para-hydroxylation sites is 1. The molecule has 0 bridgehead atoms. The summed E-state index contributed by atoms with van der Waals surface area (Å²) in [5, 5.41) is 0.801. The van der Waals surface area contributed by atoms with Gasteiger partial charge in [-0.05, 0) is 75.6 Å². The topological polar surface area (TPSA) is 83.8 Å². The van der Waals surface area contributed by atoms with Gasteiger partial charge in [-0.25, -0.2) is 9.59 Å². The highest BCUT2D eigenvalue weighted by atomic mass is 35.5. The van der Waals surface area contributed by atoms with Crippen molar-refractivity contribution in [2.75, 3.05) is 25.0 Å². The number of allylic oxidation sites excluding steroid dienone is 1. The Kier molecular flexibility index (Phi) is 11.6. The van der Waals surface area contributed by atoms with Crippen LogP contribution in [0.4, 0.5) is 15.3 Å². The lowest BCUT2D eigenvalue weighted by Gasteiger charge is -2.20. The van der Waals surface area contributed by atoms with Crippen molar-refractivity contribution in [3.63, 3.8) is 0 Å². The monoisotopic (exact) mass is 646 g/mol. The van der Waals surface area contributed by atoms with Crippen molar-refractivity contribution in [1.29, 1.82) is 0 Å². The minimum absolute atomic E-state index is 0.235. The molecule has 1 fully saturated rings. The van der Waals surface area contributed by atoms with Crippen LogP contribution in [-0.2, 0) is 0 Å². The van der Waals surface area contributed by atoms with Gasteiger partial charge in [0.2, 0.25) is 0 Å². The predicted octanol–water partition coefficient (Wildman–Crippen LogP) is 9.54. The first-order valence-corrected chi connectivity index (χ1v) is 15.4. The standard InChI is InChI=1S/C35H36Cl2N4O4/c1-6-30(38-8-3)28-21-29(37)26(22-33(28)45-34(42)40(5)25-14-10-9-11-15-25)23(4)39-31(7-2)27-20-24(36)16-17-32(27)44-35(43)41-18-12-13-19-41/h6,8-11,14-17,20-22H,4,7,12-13,18-19H2,1-3,5H3. The Balaban J connectivity index is 1.73. The van der Waals surface area contributed by atoms with Crippen molar-refractivity contribution in [2.45, 2.75) is 40.0 Å². The van der Waals surface area contributed by atoms with Crippen molar-refractivity contribution >= 4 is 64.4 Å². The second-order valence-electron chi connectivity index (χ2n) is 10.2. The summed E-state index contributed by atoms with van der Waals surface area (Å²) < 4.78 is 11.7. The summed E-state index contributed by atoms with van der Waals surface area (Å²) in [6.07, 6.45) is 4.81. The van der Waals surface area contributed by atoms with Crippen molar-refractivity contribution in [1.82, 2.24) is 4.90 Å². The molecule has 0 saturated carbocycles. The van der Waals surface area contributed by atoms with E-state index in [4.69, 9.17) is 37.7 Å². The summed E-state index contributed by atoms with van der Waals surface area (Å²) in [5.41, 5.74) is 3.68. The lowest BCUT2D eigenvalue weighted by Crippen LogP contribution is -2.31. The van der Waals surface area contributed by atoms with Gasteiger partial charge in [-0.2, -0.15) is 0 Å². The van der Waals surface area contributed by atoms with E-state index in [1.54, 1.807) is 61.5 Å². The minimum atomic E-state index is -0.599. The average molecular weight is 648 g/mol. The predicted molar refractivity (Wildman–Crippen MR) is 184 cm³/mol. The van der Waals surface area contributed by atoms with Gasteiger partial charge in [0.1, 0.15) is 11.5 Å². The number of carbonyl (C=O) groups is 2. The Morgan fingerprint density at radius 1 is 0.956 bits per heavy atom. The summed E-state index contributed by atoms with van der Waals surface area (Å²) in [5.74, 6) is 0.582. The van der Waals surface area contributed by atoms with Crippen LogP contribution in [0.1, 0.15) is 56.7 Å². The lowest BCUT2D eigenvalue weighted by molar-refractivity contribution is 0.162. The van der Waals surface area contributed by atoms with Crippen LogP contribution in [-0.4, -0.2) is 49.1 Å². The fourth-order valence-corrected chi connectivity index (χ4v) is 5.29. The summed E-state index contributed by atoms with van der Waals surface area (Å²) in [4.78, 5) is 38.4. The third-order valence-electron chi connectivity index (χ3n) is 7.23. The molecule has 0 N–H and O–H groups in total. The highest BCUT2D eigenvalue weighted by molar-refractivity contribution is 6.33. The molecular formula is C35H36Cl2N4O4. The van der Waals surface area contributed by atoms with Crippen molar-refractivity contribution in [3.05, 3.63) is 100 Å². The van der Waals surface area contributed by atoms with Gasteiger partial charge < -0.3 is 14.4 Å². The maximum Gasteiger partial charge on any atom is 0.419 e. The number of likely N-dealkylation sites (tertiary alicyclic amines) is 1. The van der Waals surface area contributed by atoms with Crippen molar-refractivity contribution in [2.24, 2.45) is 9.98 Å². The third-order valence-corrected chi connectivity index (χ3v) is 7.78. The molecule has 0 radical (unpaired) electrons. The van der Waals surface area contributed by atoms with Crippen LogP contribution in [0.25, 0.3) is 11.4 Å². The van der Waals surface area contributed by atoms with Crippen LogP contribution in [0.2, 0.25) is 10.0 Å². The van der Waals surface area contributed by atoms with Crippen LogP contribution in [0, 0.1) is 0 Å². The molecule has 0 spiro atoms. The van der Waals surface area contributed by atoms with Gasteiger partial charge in [0, 0.05) is 53.8 Å². The first-order chi connectivity index (χ1) is 21.7. The highest BCUT2D eigenvalue weighted by Gasteiger charge is 2.23. The molecule has 45 heavy (non-hydrogen) atoms. The van der Waals surface area contributed by atoms with Crippen LogP contribution in [0.5, 0.6) is 11.5 Å². The number of carbonyl (C=O) groups excluding carboxylic acids is 2. The molecule has 10 heteroatoms. The Hall–Kier alpha value is -4.40. The molecular weight excluding hydrogens is 611 g/mol. The molecule has 2 amide bonds. The third kappa shape index (κ3) is 8.21. The van der Waals surface area contributed by atoms with Gasteiger partial charge in [0.15, 0.2) is 0 Å². The van der Waals surface area contributed by atoms with E-state index in [1.807, 2.05) is 44.2 Å². The van der Waals surface area contributed by atoms with E-state index in [9.17, 15) is 9.59 Å². The number of hydrogen-bond donors (Lipinski definition) is 0. The van der Waals surface area contributed by atoms with Gasteiger partial charge in [-0.3, -0.25) is 14.9 Å². The number of benzene rings is 3. The normalized spacial score (nSPS) is 13.7. The molecule has 1 heterocycles. The number of anilines is 1. The van der Waals surface area contributed by atoms with E-state index in [0.717, 1.165) is 12.8 Å². The highest BCUT2D eigenvalue weighted by Crippen LogP contribution is 2.37. The quantitative estimate of drug-likeness (QED) is 0.217. The summed E-state index contributed by atoms with van der Waals surface area (Å²) in [6.45, 7) is 11.1. The summed E-state index contributed by atoms with van der Waals surface area (Å²) >= 11 is 13.2. The van der Waals surface area contributed by atoms with Gasteiger partial charge in [0.25, 0.3) is 0 Å². The van der Waals surface area contributed by atoms with Gasteiger partial charge >= 0.3 is 12.2 Å². The zero-order valence-corrected chi connectivity index (χ0v) is 27.4. The summed E-state index contributed by atoms with van der Waals surface area (Å²) in [6, 6.07) is 17.5. The Labute approximate surface area is 274 Å². The number of nitrogens with zero attached hydrogens (tertiary/aromatic N) is 4. The molecule has 1 saturated heterocycles. The van der Waals surface area contributed by atoms with Gasteiger partial charge in [-0.15, -0.1) is 0 Å². The molecule has 1 aliphatic heterocycles. The van der Waals surface area contributed by atoms with E-state index in [0.29, 0.717) is 74.8 Å². The Bertz CT molecular complexity index is 1660. The number of aliphatic imine (C=N–C) groups is 2. The maximum atomic E-state index is 13.3. The molecule has 0 aromatic heterocycles. The SMILES string of the molecule is C=C(N=C(CC)c1cc(Cl)ccc1OC(=O)N1CCCC1)c1cc(OC(=O)N(C)c2ccccc2)c(C(=CC)N=CC)cc1Cl. The number of ether oxygens (including phenoxy) is 2. The maximum absolute atomic E-state index is 13.3. The molecule has 0 atom stereocenters.